The van der Waals surface area contributed by atoms with Crippen molar-refractivity contribution in [1.29, 1.82) is 0 Å². The van der Waals surface area contributed by atoms with Crippen molar-refractivity contribution < 1.29 is 0 Å². The summed E-state index contributed by atoms with van der Waals surface area (Å²) in [6.45, 7) is 7.70. The average molecular weight is 435 g/mol. The Hall–Kier alpha value is -2.38. The molecule has 1 fully saturated rings. The predicted molar refractivity (Wildman–Crippen MR) is 126 cm³/mol. The Balaban J connectivity index is 1.69. The van der Waals surface area contributed by atoms with Crippen LogP contribution in [0.25, 0.3) is 15.8 Å². The van der Waals surface area contributed by atoms with E-state index in [1.807, 2.05) is 12.3 Å². The highest BCUT2D eigenvalue weighted by molar-refractivity contribution is 7.17. The standard InChI is InChI=1S/C24H30N6S/c1-5-24(25-4)17-8-9-23(2,3)11-16(17)18-19-20(31-22(18)30-24)21(29-14-28-19)27-13-15-7-6-10-26-12-15/h6-7,10,12,14,17,25H,5,8-9,11,13H2,1-4H3,(H,27,28,29). The number of nitrogens with one attached hydrogen (secondary N) is 2. The van der Waals surface area contributed by atoms with Gasteiger partial charge in [-0.25, -0.2) is 9.97 Å². The van der Waals surface area contributed by atoms with E-state index in [0.717, 1.165) is 45.5 Å². The Kier molecular flexibility index (Phi) is 5.06. The van der Waals surface area contributed by atoms with E-state index < -0.39 is 0 Å². The fourth-order valence-corrected chi connectivity index (χ4v) is 6.50. The number of nitrogens with zero attached hydrogens (tertiary/aromatic N) is 4. The molecule has 1 aliphatic heterocycles. The Bertz CT molecular complexity index is 1230. The maximum Gasteiger partial charge on any atom is 0.147 e. The molecular weight excluding hydrogens is 404 g/mol. The molecule has 0 spiro atoms. The van der Waals surface area contributed by atoms with Gasteiger partial charge in [0.2, 0.25) is 0 Å². The number of thiophene rings is 1. The molecular formula is C24H30N6S. The van der Waals surface area contributed by atoms with E-state index in [1.165, 1.54) is 17.2 Å². The molecule has 0 radical (unpaired) electrons. The van der Waals surface area contributed by atoms with E-state index in [9.17, 15) is 0 Å². The molecule has 2 N–H and O–H groups in total. The molecule has 3 aromatic heterocycles. The van der Waals surface area contributed by atoms with Crippen molar-refractivity contribution in [2.45, 2.75) is 58.7 Å². The van der Waals surface area contributed by atoms with Crippen LogP contribution in [0.3, 0.4) is 0 Å². The lowest BCUT2D eigenvalue weighted by molar-refractivity contribution is 0.181. The summed E-state index contributed by atoms with van der Waals surface area (Å²) < 4.78 is 2.19. The fraction of sp³-hybridized carbons (Fsp3) is 0.500. The van der Waals surface area contributed by atoms with E-state index in [1.54, 1.807) is 23.9 Å². The number of rotatable bonds is 5. The van der Waals surface area contributed by atoms with Gasteiger partial charge in [0.15, 0.2) is 0 Å². The van der Waals surface area contributed by atoms with Crippen LogP contribution in [0, 0.1) is 11.3 Å². The van der Waals surface area contributed by atoms with Gasteiger partial charge in [-0.2, -0.15) is 0 Å². The SMILES string of the molecule is CCC1(NC)N=c2sc3c(NCc4cccnc4)ncnc3c2=C2CC(C)(C)CCC21. The summed E-state index contributed by atoms with van der Waals surface area (Å²) in [6.07, 6.45) is 9.82. The van der Waals surface area contributed by atoms with E-state index in [-0.39, 0.29) is 5.66 Å². The molecule has 1 aliphatic carbocycles. The third-order valence-electron chi connectivity index (χ3n) is 7.01. The summed E-state index contributed by atoms with van der Waals surface area (Å²) in [4.78, 5) is 18.9. The lowest BCUT2D eigenvalue weighted by Crippen LogP contribution is -2.55. The Morgan fingerprint density at radius 2 is 2.13 bits per heavy atom. The van der Waals surface area contributed by atoms with Crippen LogP contribution in [0.1, 0.15) is 52.0 Å². The van der Waals surface area contributed by atoms with Gasteiger partial charge in [-0.3, -0.25) is 15.3 Å². The Labute approximate surface area is 187 Å². The maximum atomic E-state index is 5.32. The molecule has 0 saturated heterocycles. The zero-order valence-corrected chi connectivity index (χ0v) is 19.5. The molecule has 3 aromatic rings. The third-order valence-corrected chi connectivity index (χ3v) is 8.09. The maximum absolute atomic E-state index is 5.32. The van der Waals surface area contributed by atoms with Crippen molar-refractivity contribution in [2.24, 2.45) is 16.3 Å². The lowest BCUT2D eigenvalue weighted by Gasteiger charge is -2.46. The van der Waals surface area contributed by atoms with Gasteiger partial charge in [0.05, 0.1) is 10.2 Å². The summed E-state index contributed by atoms with van der Waals surface area (Å²) in [5, 5.41) is 8.37. The number of fused-ring (bicyclic) bond motifs is 4. The third kappa shape index (κ3) is 3.44. The zero-order chi connectivity index (χ0) is 21.6. The monoisotopic (exact) mass is 434 g/mol. The van der Waals surface area contributed by atoms with E-state index in [2.05, 4.69) is 54.5 Å². The second-order valence-electron chi connectivity index (χ2n) is 9.49. The minimum Gasteiger partial charge on any atom is -0.365 e. The number of hydrogen-bond acceptors (Lipinski definition) is 7. The van der Waals surface area contributed by atoms with Gasteiger partial charge in [-0.15, -0.1) is 11.3 Å². The molecule has 6 nitrogen and oxygen atoms in total. The predicted octanol–water partition coefficient (Wildman–Crippen LogP) is 3.63. The van der Waals surface area contributed by atoms with Gasteiger partial charge < -0.3 is 5.32 Å². The number of pyridine rings is 1. The van der Waals surface area contributed by atoms with Crippen LogP contribution in [0.15, 0.2) is 35.8 Å². The van der Waals surface area contributed by atoms with Gasteiger partial charge in [0.25, 0.3) is 0 Å². The molecule has 0 bridgehead atoms. The molecule has 1 saturated carbocycles. The van der Waals surface area contributed by atoms with Crippen molar-refractivity contribution in [3.63, 3.8) is 0 Å². The van der Waals surface area contributed by atoms with Crippen molar-refractivity contribution in [1.82, 2.24) is 20.3 Å². The summed E-state index contributed by atoms with van der Waals surface area (Å²) in [5.41, 5.74) is 3.78. The summed E-state index contributed by atoms with van der Waals surface area (Å²) in [6, 6.07) is 4.03. The van der Waals surface area contributed by atoms with Crippen LogP contribution in [-0.2, 0) is 6.54 Å². The Morgan fingerprint density at radius 3 is 2.87 bits per heavy atom. The molecule has 0 aromatic carbocycles. The molecule has 0 amide bonds. The van der Waals surface area contributed by atoms with Gasteiger partial charge in [-0.1, -0.05) is 32.4 Å². The average Bonchev–Trinajstić information content (AvgIpc) is 3.16. The topological polar surface area (TPSA) is 75.1 Å². The minimum absolute atomic E-state index is 0.226. The van der Waals surface area contributed by atoms with Crippen molar-refractivity contribution in [3.05, 3.63) is 46.3 Å². The van der Waals surface area contributed by atoms with Gasteiger partial charge in [-0.05, 0) is 49.8 Å². The molecule has 2 unspecified atom stereocenters. The first-order valence-electron chi connectivity index (χ1n) is 11.1. The summed E-state index contributed by atoms with van der Waals surface area (Å²) >= 11 is 1.72. The van der Waals surface area contributed by atoms with Gasteiger partial charge in [0.1, 0.15) is 22.5 Å². The van der Waals surface area contributed by atoms with Crippen LogP contribution in [0.5, 0.6) is 0 Å². The van der Waals surface area contributed by atoms with Gasteiger partial charge >= 0.3 is 0 Å². The molecule has 5 rings (SSSR count). The zero-order valence-electron chi connectivity index (χ0n) is 18.7. The number of hydrogen-bond donors (Lipinski definition) is 2. The number of anilines is 1. The highest BCUT2D eigenvalue weighted by atomic mass is 32.1. The Morgan fingerprint density at radius 1 is 1.26 bits per heavy atom. The highest BCUT2D eigenvalue weighted by Crippen LogP contribution is 2.48. The molecule has 31 heavy (non-hydrogen) atoms. The first-order valence-corrected chi connectivity index (χ1v) is 12.0. The summed E-state index contributed by atoms with van der Waals surface area (Å²) in [7, 11) is 2.06. The van der Waals surface area contributed by atoms with E-state index in [4.69, 9.17) is 9.98 Å². The summed E-state index contributed by atoms with van der Waals surface area (Å²) in [5.74, 6) is 1.30. The van der Waals surface area contributed by atoms with Crippen LogP contribution in [0.4, 0.5) is 5.82 Å². The minimum atomic E-state index is -0.226. The molecule has 4 heterocycles. The fourth-order valence-electron chi connectivity index (χ4n) is 5.30. The van der Waals surface area contributed by atoms with Crippen LogP contribution in [0.2, 0.25) is 0 Å². The smallest absolute Gasteiger partial charge is 0.147 e. The second kappa shape index (κ2) is 7.64. The molecule has 2 aliphatic rings. The van der Waals surface area contributed by atoms with Gasteiger partial charge in [0, 0.05) is 30.1 Å². The normalized spacial score (nSPS) is 24.4. The second-order valence-corrected chi connectivity index (χ2v) is 10.5. The van der Waals surface area contributed by atoms with Crippen molar-refractivity contribution in [3.8, 4) is 0 Å². The van der Waals surface area contributed by atoms with E-state index in [0.29, 0.717) is 17.9 Å². The van der Waals surface area contributed by atoms with Crippen molar-refractivity contribution in [2.75, 3.05) is 12.4 Å². The quantitative estimate of drug-likeness (QED) is 0.641. The molecule has 2 atom stereocenters. The first-order chi connectivity index (χ1) is 15.0. The van der Waals surface area contributed by atoms with E-state index >= 15 is 0 Å². The lowest BCUT2D eigenvalue weighted by atomic mass is 9.65. The molecule has 7 heteroatoms. The highest BCUT2D eigenvalue weighted by Gasteiger charge is 2.45. The van der Waals surface area contributed by atoms with Crippen LogP contribution < -0.4 is 20.5 Å². The van der Waals surface area contributed by atoms with Crippen molar-refractivity contribution >= 4 is 32.9 Å². The molecule has 162 valence electrons. The largest absolute Gasteiger partial charge is 0.365 e. The number of aromatic nitrogens is 3. The van der Waals surface area contributed by atoms with Crippen LogP contribution in [-0.4, -0.2) is 27.7 Å². The first kappa shape index (κ1) is 20.5. The van der Waals surface area contributed by atoms with Crippen LogP contribution >= 0.6 is 11.3 Å².